The number of aryl methyl sites for hydroxylation is 1. The lowest BCUT2D eigenvalue weighted by molar-refractivity contribution is -0.137. The lowest BCUT2D eigenvalue weighted by Crippen LogP contribution is -2.29. The molecule has 2 atom stereocenters. The molecule has 0 radical (unpaired) electrons. The van der Waals surface area contributed by atoms with E-state index < -0.39 is 11.7 Å². The summed E-state index contributed by atoms with van der Waals surface area (Å²) in [4.78, 5) is 0. The Labute approximate surface area is 158 Å². The Morgan fingerprint density at radius 2 is 1.59 bits per heavy atom. The van der Waals surface area contributed by atoms with Crippen LogP contribution in [0.3, 0.4) is 0 Å². The van der Waals surface area contributed by atoms with Crippen molar-refractivity contribution in [1.29, 1.82) is 0 Å². The number of halogens is 3. The molecule has 0 amide bonds. The Hall–Kier alpha value is -2.33. The molecule has 1 N–H and O–H groups in total. The summed E-state index contributed by atoms with van der Waals surface area (Å²) in [6.07, 6.45) is -2.90. The van der Waals surface area contributed by atoms with Crippen LogP contribution in [0, 0.1) is 0 Å². The van der Waals surface area contributed by atoms with Crippen LogP contribution in [0.4, 0.5) is 13.2 Å². The van der Waals surface area contributed by atoms with E-state index in [1.165, 1.54) is 28.5 Å². The number of nitrogens with one attached hydrogen (secondary N) is 1. The van der Waals surface area contributed by atoms with Crippen molar-refractivity contribution in [2.24, 2.45) is 0 Å². The van der Waals surface area contributed by atoms with Gasteiger partial charge in [0.05, 0.1) is 5.56 Å². The quantitative estimate of drug-likeness (QED) is 0.519. The normalized spacial score (nSPS) is 14.3. The van der Waals surface area contributed by atoms with Crippen LogP contribution in [0.2, 0.25) is 0 Å². The highest BCUT2D eigenvalue weighted by Gasteiger charge is 2.30. The minimum absolute atomic E-state index is 0.160. The zero-order chi connectivity index (χ0) is 19.4. The van der Waals surface area contributed by atoms with E-state index >= 15 is 0 Å². The fourth-order valence-electron chi connectivity index (χ4n) is 3.51. The summed E-state index contributed by atoms with van der Waals surface area (Å²) in [5, 5.41) is 6.02. The molecule has 0 aliphatic carbocycles. The molecular formula is C23H24F3N. The molecule has 0 aromatic heterocycles. The molecule has 3 rings (SSSR count). The van der Waals surface area contributed by atoms with Crippen molar-refractivity contribution in [2.45, 2.75) is 44.9 Å². The van der Waals surface area contributed by atoms with Gasteiger partial charge in [-0.1, -0.05) is 60.7 Å². The van der Waals surface area contributed by atoms with Crippen LogP contribution in [0.25, 0.3) is 10.8 Å². The third kappa shape index (κ3) is 4.89. The first-order chi connectivity index (χ1) is 12.8. The van der Waals surface area contributed by atoms with Crippen LogP contribution in [0.15, 0.2) is 66.7 Å². The SMILES string of the molecule is C[C@H](CCc1cccc(C(F)(F)F)c1)N[C@@H](C)c1cccc2ccccc12. The maximum absolute atomic E-state index is 12.8. The third-order valence-electron chi connectivity index (χ3n) is 4.94. The minimum atomic E-state index is -4.29. The molecule has 142 valence electrons. The molecule has 4 heteroatoms. The van der Waals surface area contributed by atoms with Gasteiger partial charge in [-0.25, -0.2) is 0 Å². The fraction of sp³-hybridized carbons (Fsp3) is 0.304. The van der Waals surface area contributed by atoms with Gasteiger partial charge in [-0.05, 0) is 54.7 Å². The van der Waals surface area contributed by atoms with E-state index in [4.69, 9.17) is 0 Å². The molecule has 0 fully saturated rings. The van der Waals surface area contributed by atoms with Gasteiger partial charge >= 0.3 is 6.18 Å². The Kier molecular flexibility index (Phi) is 5.85. The first-order valence-electron chi connectivity index (χ1n) is 9.24. The number of hydrogen-bond donors (Lipinski definition) is 1. The summed E-state index contributed by atoms with van der Waals surface area (Å²) < 4.78 is 38.5. The van der Waals surface area contributed by atoms with E-state index in [-0.39, 0.29) is 12.1 Å². The first kappa shape index (κ1) is 19.4. The second-order valence-corrected chi connectivity index (χ2v) is 7.09. The molecule has 0 saturated heterocycles. The van der Waals surface area contributed by atoms with Crippen molar-refractivity contribution < 1.29 is 13.2 Å². The Bertz CT molecular complexity index is 896. The summed E-state index contributed by atoms with van der Waals surface area (Å²) >= 11 is 0. The Morgan fingerprint density at radius 3 is 2.37 bits per heavy atom. The zero-order valence-electron chi connectivity index (χ0n) is 15.6. The summed E-state index contributed by atoms with van der Waals surface area (Å²) in [5.41, 5.74) is 1.38. The number of benzene rings is 3. The van der Waals surface area contributed by atoms with E-state index in [0.717, 1.165) is 18.1 Å². The van der Waals surface area contributed by atoms with Gasteiger partial charge in [-0.3, -0.25) is 0 Å². The van der Waals surface area contributed by atoms with E-state index in [0.29, 0.717) is 6.42 Å². The van der Waals surface area contributed by atoms with Gasteiger partial charge in [0, 0.05) is 12.1 Å². The van der Waals surface area contributed by atoms with E-state index in [9.17, 15) is 13.2 Å². The van der Waals surface area contributed by atoms with Gasteiger partial charge < -0.3 is 5.32 Å². The van der Waals surface area contributed by atoms with Gasteiger partial charge in [-0.2, -0.15) is 13.2 Å². The minimum Gasteiger partial charge on any atom is -0.308 e. The maximum atomic E-state index is 12.8. The average molecular weight is 371 g/mol. The second kappa shape index (κ2) is 8.13. The molecule has 1 nitrogen and oxygen atoms in total. The maximum Gasteiger partial charge on any atom is 0.416 e. The van der Waals surface area contributed by atoms with E-state index in [1.54, 1.807) is 6.07 Å². The molecule has 27 heavy (non-hydrogen) atoms. The van der Waals surface area contributed by atoms with Crippen molar-refractivity contribution in [3.05, 3.63) is 83.4 Å². The van der Waals surface area contributed by atoms with Gasteiger partial charge in [0.1, 0.15) is 0 Å². The van der Waals surface area contributed by atoms with Gasteiger partial charge in [0.15, 0.2) is 0 Å². The van der Waals surface area contributed by atoms with Crippen molar-refractivity contribution in [3.8, 4) is 0 Å². The predicted molar refractivity (Wildman–Crippen MR) is 105 cm³/mol. The molecule has 0 bridgehead atoms. The standard InChI is InChI=1S/C23H24F3N/c1-16(13-14-18-7-5-10-20(15-18)23(24,25)26)27-17(2)21-12-6-9-19-8-3-4-11-22(19)21/h3-12,15-17,27H,13-14H2,1-2H3/t16-,17+/m1/s1. The average Bonchev–Trinajstić information content (AvgIpc) is 2.65. The summed E-state index contributed by atoms with van der Waals surface area (Å²) in [5.74, 6) is 0. The zero-order valence-corrected chi connectivity index (χ0v) is 15.6. The molecule has 3 aromatic carbocycles. The monoisotopic (exact) mass is 371 g/mol. The highest BCUT2D eigenvalue weighted by atomic mass is 19.4. The fourth-order valence-corrected chi connectivity index (χ4v) is 3.51. The van der Waals surface area contributed by atoms with Crippen molar-refractivity contribution in [2.75, 3.05) is 0 Å². The van der Waals surface area contributed by atoms with Crippen LogP contribution in [0.5, 0.6) is 0 Å². The number of alkyl halides is 3. The van der Waals surface area contributed by atoms with E-state index in [2.05, 4.69) is 49.5 Å². The van der Waals surface area contributed by atoms with Crippen LogP contribution in [-0.2, 0) is 12.6 Å². The van der Waals surface area contributed by atoms with Gasteiger partial charge in [0.2, 0.25) is 0 Å². The highest BCUT2D eigenvalue weighted by molar-refractivity contribution is 5.86. The van der Waals surface area contributed by atoms with Crippen LogP contribution in [-0.4, -0.2) is 6.04 Å². The summed E-state index contributed by atoms with van der Waals surface area (Å²) in [6.45, 7) is 4.21. The number of rotatable bonds is 6. The van der Waals surface area contributed by atoms with Gasteiger partial charge in [-0.15, -0.1) is 0 Å². The molecule has 0 aliphatic rings. The van der Waals surface area contributed by atoms with Crippen LogP contribution >= 0.6 is 0 Å². The summed E-state index contributed by atoms with van der Waals surface area (Å²) in [6, 6.07) is 20.5. The smallest absolute Gasteiger partial charge is 0.308 e. The highest BCUT2D eigenvalue weighted by Crippen LogP contribution is 2.30. The van der Waals surface area contributed by atoms with Crippen LogP contribution in [0.1, 0.15) is 43.0 Å². The second-order valence-electron chi connectivity index (χ2n) is 7.09. The molecule has 0 saturated carbocycles. The summed E-state index contributed by atoms with van der Waals surface area (Å²) in [7, 11) is 0. The van der Waals surface area contributed by atoms with Gasteiger partial charge in [0.25, 0.3) is 0 Å². The number of hydrogen-bond acceptors (Lipinski definition) is 1. The van der Waals surface area contributed by atoms with Crippen molar-refractivity contribution in [1.82, 2.24) is 5.32 Å². The number of fused-ring (bicyclic) bond motifs is 1. The molecule has 0 heterocycles. The van der Waals surface area contributed by atoms with E-state index in [1.807, 2.05) is 12.1 Å². The van der Waals surface area contributed by atoms with Crippen molar-refractivity contribution in [3.63, 3.8) is 0 Å². The largest absolute Gasteiger partial charge is 0.416 e. The molecular weight excluding hydrogens is 347 g/mol. The molecule has 3 aromatic rings. The molecule has 0 spiro atoms. The van der Waals surface area contributed by atoms with Crippen LogP contribution < -0.4 is 5.32 Å². The lowest BCUT2D eigenvalue weighted by Gasteiger charge is -2.22. The first-order valence-corrected chi connectivity index (χ1v) is 9.24. The third-order valence-corrected chi connectivity index (χ3v) is 4.94. The Morgan fingerprint density at radius 1 is 0.889 bits per heavy atom. The Balaban J connectivity index is 1.63. The predicted octanol–water partition coefficient (Wildman–Crippen LogP) is 6.53. The van der Waals surface area contributed by atoms with Crippen molar-refractivity contribution >= 4 is 10.8 Å². The molecule has 0 aliphatic heterocycles. The topological polar surface area (TPSA) is 12.0 Å². The lowest BCUT2D eigenvalue weighted by atomic mass is 9.98. The molecule has 0 unspecified atom stereocenters.